The largest absolute Gasteiger partial charge is 0.673 e. The van der Waals surface area contributed by atoms with Crippen LogP contribution in [-0.2, 0) is 6.42 Å². The summed E-state index contributed by atoms with van der Waals surface area (Å²) in [5.41, 5.74) is 3.89. The van der Waals surface area contributed by atoms with Crippen molar-refractivity contribution < 1.29 is 31.1 Å². The van der Waals surface area contributed by atoms with E-state index in [-0.39, 0.29) is 5.82 Å². The summed E-state index contributed by atoms with van der Waals surface area (Å²) in [6.45, 7) is 2.13. The van der Waals surface area contributed by atoms with Crippen molar-refractivity contribution in [1.82, 2.24) is 0 Å². The number of hydrogen-bond donors (Lipinski definition) is 1. The van der Waals surface area contributed by atoms with E-state index in [1.54, 1.807) is 12.1 Å². The van der Waals surface area contributed by atoms with E-state index >= 15 is 0 Å². The predicted octanol–water partition coefficient (Wildman–Crippen LogP) is 5.41. The van der Waals surface area contributed by atoms with Crippen molar-refractivity contribution in [1.29, 1.82) is 0 Å². The average Bonchev–Trinajstić information content (AvgIpc) is 2.74. The molecule has 0 radical (unpaired) electrons. The summed E-state index contributed by atoms with van der Waals surface area (Å²) in [6.07, 6.45) is 0.951. The first-order chi connectivity index (χ1) is 14.7. The predicted molar refractivity (Wildman–Crippen MR) is 111 cm³/mol. The van der Waals surface area contributed by atoms with Gasteiger partial charge in [-0.1, -0.05) is 43.3 Å². The maximum Gasteiger partial charge on any atom is 0.673 e. The van der Waals surface area contributed by atoms with Crippen LogP contribution >= 0.6 is 0 Å². The van der Waals surface area contributed by atoms with Crippen LogP contribution in [0, 0.1) is 5.82 Å². The van der Waals surface area contributed by atoms with Gasteiger partial charge in [-0.25, -0.2) is 9.38 Å². The molecule has 8 heteroatoms. The smallest absolute Gasteiger partial charge is 0.456 e. The highest BCUT2D eigenvalue weighted by Crippen LogP contribution is 2.22. The highest BCUT2D eigenvalue weighted by Gasteiger charge is 2.20. The van der Waals surface area contributed by atoms with Gasteiger partial charge in [0.1, 0.15) is 17.2 Å². The first kappa shape index (κ1) is 22.3. The first-order valence-corrected chi connectivity index (χ1v) is 9.58. The van der Waals surface area contributed by atoms with Gasteiger partial charge in [-0.3, -0.25) is 0 Å². The topological polar surface area (TPSA) is 27.1 Å². The normalized spacial score (nSPS) is 11.9. The lowest BCUT2D eigenvalue weighted by Crippen LogP contribution is -2.70. The second-order valence-electron chi connectivity index (χ2n) is 6.70. The minimum Gasteiger partial charge on any atom is -0.456 e. The van der Waals surface area contributed by atoms with E-state index in [0.717, 1.165) is 39.8 Å². The fourth-order valence-electron chi connectivity index (χ4n) is 2.99. The molecule has 3 aromatic carbocycles. The SMILES string of the molecule is CCc1ccc2oc(-c3ccccc3)cc(=[NH+]c3ccc(F)cc3)c2c1.F[B-](F)(F)F. The Morgan fingerprint density at radius 3 is 2.10 bits per heavy atom. The zero-order valence-corrected chi connectivity index (χ0v) is 16.6. The van der Waals surface area contributed by atoms with Crippen molar-refractivity contribution in [2.45, 2.75) is 13.3 Å². The number of benzene rings is 3. The van der Waals surface area contributed by atoms with Crippen molar-refractivity contribution in [2.75, 3.05) is 0 Å². The summed E-state index contributed by atoms with van der Waals surface area (Å²) < 4.78 is 58.4. The molecule has 0 saturated heterocycles. The van der Waals surface area contributed by atoms with E-state index < -0.39 is 7.25 Å². The highest BCUT2D eigenvalue weighted by molar-refractivity contribution is 6.50. The van der Waals surface area contributed by atoms with Crippen LogP contribution in [0.4, 0.5) is 27.3 Å². The van der Waals surface area contributed by atoms with Crippen LogP contribution in [0.15, 0.2) is 83.3 Å². The molecule has 1 aromatic heterocycles. The lowest BCUT2D eigenvalue weighted by Gasteiger charge is -2.04. The maximum absolute atomic E-state index is 13.2. The Hall–Kier alpha value is -3.42. The molecule has 4 rings (SSSR count). The Labute approximate surface area is 175 Å². The molecule has 1 N–H and O–H groups in total. The van der Waals surface area contributed by atoms with Crippen molar-refractivity contribution in [3.05, 3.63) is 95.6 Å². The maximum atomic E-state index is 13.2. The number of aryl methyl sites for hydroxylation is 1. The summed E-state index contributed by atoms with van der Waals surface area (Å²) in [5.74, 6) is 0.536. The monoisotopic (exact) mass is 431 g/mol. The lowest BCUT2D eigenvalue weighted by atomic mass is 10.1. The number of hydrogen-bond acceptors (Lipinski definition) is 1. The molecule has 1 heterocycles. The third-order valence-electron chi connectivity index (χ3n) is 4.42. The first-order valence-electron chi connectivity index (χ1n) is 9.58. The van der Waals surface area contributed by atoms with E-state index in [0.29, 0.717) is 0 Å². The van der Waals surface area contributed by atoms with Gasteiger partial charge in [-0.05, 0) is 36.2 Å². The van der Waals surface area contributed by atoms with Crippen LogP contribution in [0.5, 0.6) is 0 Å². The summed E-state index contributed by atoms with van der Waals surface area (Å²) in [6, 6.07) is 24.6. The van der Waals surface area contributed by atoms with Crippen LogP contribution in [0.3, 0.4) is 0 Å². The highest BCUT2D eigenvalue weighted by atomic mass is 19.5. The zero-order chi connectivity index (χ0) is 22.4. The molecule has 31 heavy (non-hydrogen) atoms. The number of fused-ring (bicyclic) bond motifs is 1. The Bertz CT molecular complexity index is 1210. The van der Waals surface area contributed by atoms with Crippen molar-refractivity contribution in [3.63, 3.8) is 0 Å². The molecule has 0 unspecified atom stereocenters. The third-order valence-corrected chi connectivity index (χ3v) is 4.42. The van der Waals surface area contributed by atoms with E-state index in [1.165, 1.54) is 17.7 Å². The van der Waals surface area contributed by atoms with Crippen molar-refractivity contribution >= 4 is 23.9 Å². The van der Waals surface area contributed by atoms with Gasteiger partial charge in [0.25, 0.3) is 0 Å². The van der Waals surface area contributed by atoms with Gasteiger partial charge in [-0.15, -0.1) is 0 Å². The minimum atomic E-state index is -6.00. The number of halogens is 5. The van der Waals surface area contributed by atoms with Gasteiger partial charge < -0.3 is 21.7 Å². The molecule has 2 nitrogen and oxygen atoms in total. The van der Waals surface area contributed by atoms with E-state index in [9.17, 15) is 21.7 Å². The van der Waals surface area contributed by atoms with Crippen LogP contribution < -0.4 is 10.3 Å². The molecule has 0 aliphatic carbocycles. The van der Waals surface area contributed by atoms with Crippen molar-refractivity contribution in [3.8, 4) is 11.3 Å². The molecule has 0 saturated carbocycles. The molecule has 160 valence electrons. The van der Waals surface area contributed by atoms with Gasteiger partial charge in [0.2, 0.25) is 11.0 Å². The molecular formula is C23H19BF5NO. The Morgan fingerprint density at radius 1 is 0.839 bits per heavy atom. The van der Waals surface area contributed by atoms with E-state index in [1.807, 2.05) is 42.5 Å². The zero-order valence-electron chi connectivity index (χ0n) is 16.6. The molecule has 0 atom stereocenters. The molecule has 4 aromatic rings. The number of rotatable bonds is 3. The Balaban J connectivity index is 0.000000491. The average molecular weight is 431 g/mol. The van der Waals surface area contributed by atoms with Gasteiger partial charge in [-0.2, -0.15) is 0 Å². The summed E-state index contributed by atoms with van der Waals surface area (Å²) in [4.78, 5) is 3.41. The van der Waals surface area contributed by atoms with Gasteiger partial charge in [0.05, 0.1) is 11.5 Å². The van der Waals surface area contributed by atoms with E-state index in [4.69, 9.17) is 4.42 Å². The number of nitrogens with one attached hydrogen (secondary N) is 1. The summed E-state index contributed by atoms with van der Waals surface area (Å²) in [5, 5.41) is 1.94. The summed E-state index contributed by atoms with van der Waals surface area (Å²) >= 11 is 0. The fraction of sp³-hybridized carbons (Fsp3) is 0.0870. The molecule has 0 amide bonds. The van der Waals surface area contributed by atoms with Crippen LogP contribution in [0.2, 0.25) is 0 Å². The van der Waals surface area contributed by atoms with E-state index in [2.05, 4.69) is 24.0 Å². The quantitative estimate of drug-likeness (QED) is 0.341. The van der Waals surface area contributed by atoms with Crippen LogP contribution in [-0.4, -0.2) is 7.25 Å². The minimum absolute atomic E-state index is 0.248. The van der Waals surface area contributed by atoms with Crippen LogP contribution in [0.1, 0.15) is 12.5 Å². The van der Waals surface area contributed by atoms with Gasteiger partial charge in [0, 0.05) is 17.7 Å². The molecule has 0 aliphatic rings. The van der Waals surface area contributed by atoms with Gasteiger partial charge in [0.15, 0.2) is 0 Å². The Morgan fingerprint density at radius 2 is 1.48 bits per heavy atom. The molecule has 0 bridgehead atoms. The fourth-order valence-corrected chi connectivity index (χ4v) is 2.99. The second kappa shape index (κ2) is 9.60. The lowest BCUT2D eigenvalue weighted by molar-refractivity contribution is -0.400. The standard InChI is InChI=1S/C23H18FNO.BF4/c1-2-16-8-13-22-20(14-16)21(25-19-11-9-18(24)10-12-19)15-23(26-22)17-6-4-3-5-7-17;2-1(3,4)5/h3-15H,2H2,1H3;/q;-1/p+1. The molecular weight excluding hydrogens is 412 g/mol. The second-order valence-corrected chi connectivity index (χ2v) is 6.70. The summed E-state index contributed by atoms with van der Waals surface area (Å²) in [7, 11) is -6.00. The molecule has 0 fully saturated rings. The third kappa shape index (κ3) is 6.54. The van der Waals surface area contributed by atoms with Gasteiger partial charge >= 0.3 is 7.25 Å². The Kier molecular flexibility index (Phi) is 6.89. The molecule has 0 spiro atoms. The molecule has 0 aliphatic heterocycles. The van der Waals surface area contributed by atoms with Crippen molar-refractivity contribution in [2.24, 2.45) is 0 Å². The van der Waals surface area contributed by atoms with Crippen LogP contribution in [0.25, 0.3) is 22.3 Å².